The van der Waals surface area contributed by atoms with E-state index in [0.29, 0.717) is 5.92 Å². The van der Waals surface area contributed by atoms with Crippen LogP contribution < -0.4 is 5.69 Å². The molecule has 2 rings (SSSR count). The van der Waals surface area contributed by atoms with Crippen LogP contribution in [0.1, 0.15) is 39.0 Å². The Hall–Kier alpha value is -0.990. The molecule has 3 nitrogen and oxygen atoms in total. The van der Waals surface area contributed by atoms with Crippen molar-refractivity contribution < 1.29 is 0 Å². The van der Waals surface area contributed by atoms with Crippen molar-refractivity contribution in [3.8, 4) is 0 Å². The molecule has 0 aliphatic heterocycles. The summed E-state index contributed by atoms with van der Waals surface area (Å²) >= 11 is 0. The Bertz CT molecular complexity index is 345. The van der Waals surface area contributed by atoms with Gasteiger partial charge in [0.25, 0.3) is 0 Å². The van der Waals surface area contributed by atoms with Crippen LogP contribution in [0.3, 0.4) is 0 Å². The average Bonchev–Trinajstić information content (AvgIpc) is 2.66. The Morgan fingerprint density at radius 2 is 2.00 bits per heavy atom. The number of nitrogens with one attached hydrogen (secondary N) is 1. The monoisotopic (exact) mass is 208 g/mol. The van der Waals surface area contributed by atoms with Crippen molar-refractivity contribution in [3.05, 3.63) is 22.9 Å². The first-order valence-corrected chi connectivity index (χ1v) is 6.03. The second-order valence-corrected chi connectivity index (χ2v) is 4.71. The largest absolute Gasteiger partial charge is 0.325 e. The summed E-state index contributed by atoms with van der Waals surface area (Å²) in [5, 5.41) is 0. The third-order valence-corrected chi connectivity index (χ3v) is 3.72. The van der Waals surface area contributed by atoms with Gasteiger partial charge in [0.05, 0.1) is 0 Å². The van der Waals surface area contributed by atoms with E-state index in [1.807, 2.05) is 6.20 Å². The molecule has 1 aromatic heterocycles. The number of aromatic amines is 1. The van der Waals surface area contributed by atoms with E-state index in [1.54, 1.807) is 10.8 Å². The highest BCUT2D eigenvalue weighted by Gasteiger charge is 2.20. The summed E-state index contributed by atoms with van der Waals surface area (Å²) in [4.78, 5) is 14.0. The van der Waals surface area contributed by atoms with E-state index in [4.69, 9.17) is 0 Å². The van der Waals surface area contributed by atoms with Crippen LogP contribution >= 0.6 is 0 Å². The van der Waals surface area contributed by atoms with E-state index in [0.717, 1.165) is 12.5 Å². The zero-order valence-electron chi connectivity index (χ0n) is 9.41. The van der Waals surface area contributed by atoms with Crippen LogP contribution in [-0.2, 0) is 6.54 Å². The second-order valence-electron chi connectivity index (χ2n) is 4.71. The number of rotatable bonds is 3. The van der Waals surface area contributed by atoms with Gasteiger partial charge < -0.3 is 4.98 Å². The van der Waals surface area contributed by atoms with Gasteiger partial charge in [0, 0.05) is 18.9 Å². The van der Waals surface area contributed by atoms with Crippen LogP contribution in [0.15, 0.2) is 17.2 Å². The molecule has 0 spiro atoms. The fraction of sp³-hybridized carbons (Fsp3) is 0.750. The van der Waals surface area contributed by atoms with E-state index in [9.17, 15) is 4.79 Å². The first-order chi connectivity index (χ1) is 7.29. The van der Waals surface area contributed by atoms with Crippen LogP contribution in [0.5, 0.6) is 0 Å². The van der Waals surface area contributed by atoms with Gasteiger partial charge in [-0.3, -0.25) is 4.57 Å². The number of imidazole rings is 1. The van der Waals surface area contributed by atoms with Crippen molar-refractivity contribution in [3.63, 3.8) is 0 Å². The predicted octanol–water partition coefficient (Wildman–Crippen LogP) is 2.39. The van der Waals surface area contributed by atoms with E-state index < -0.39 is 0 Å². The van der Waals surface area contributed by atoms with Gasteiger partial charge in [-0.05, 0) is 24.7 Å². The Kier molecular flexibility index (Phi) is 3.29. The Morgan fingerprint density at radius 1 is 1.33 bits per heavy atom. The summed E-state index contributed by atoms with van der Waals surface area (Å²) in [7, 11) is 0. The Labute approximate surface area is 90.5 Å². The topological polar surface area (TPSA) is 37.8 Å². The summed E-state index contributed by atoms with van der Waals surface area (Å²) in [6.45, 7) is 3.18. The maximum absolute atomic E-state index is 11.3. The lowest BCUT2D eigenvalue weighted by atomic mass is 9.81. The molecule has 1 aromatic rings. The molecule has 1 fully saturated rings. The van der Waals surface area contributed by atoms with E-state index in [-0.39, 0.29) is 5.69 Å². The molecule has 84 valence electrons. The summed E-state index contributed by atoms with van der Waals surface area (Å²) in [5.74, 6) is 1.64. The number of aromatic nitrogens is 2. The highest BCUT2D eigenvalue weighted by atomic mass is 16.1. The SMILES string of the molecule is CCC1CCC(Cn2cc[nH]c2=O)CC1. The molecule has 0 unspecified atom stereocenters. The second kappa shape index (κ2) is 4.69. The predicted molar refractivity (Wildman–Crippen MR) is 60.8 cm³/mol. The lowest BCUT2D eigenvalue weighted by Crippen LogP contribution is -2.24. The van der Waals surface area contributed by atoms with Crippen molar-refractivity contribution in [1.82, 2.24) is 9.55 Å². The maximum atomic E-state index is 11.3. The van der Waals surface area contributed by atoms with E-state index in [1.165, 1.54) is 32.1 Å². The van der Waals surface area contributed by atoms with E-state index in [2.05, 4.69) is 11.9 Å². The molecule has 15 heavy (non-hydrogen) atoms. The van der Waals surface area contributed by atoms with Crippen molar-refractivity contribution >= 4 is 0 Å². The average molecular weight is 208 g/mol. The smallest absolute Gasteiger partial charge is 0.313 e. The van der Waals surface area contributed by atoms with Gasteiger partial charge in [-0.2, -0.15) is 0 Å². The van der Waals surface area contributed by atoms with Crippen molar-refractivity contribution in [2.45, 2.75) is 45.6 Å². The van der Waals surface area contributed by atoms with Gasteiger partial charge in [-0.1, -0.05) is 26.2 Å². The molecular weight excluding hydrogens is 188 g/mol. The van der Waals surface area contributed by atoms with Gasteiger partial charge in [-0.25, -0.2) is 4.79 Å². The number of nitrogens with zero attached hydrogens (tertiary/aromatic N) is 1. The van der Waals surface area contributed by atoms with Crippen LogP contribution in [0.25, 0.3) is 0 Å². The van der Waals surface area contributed by atoms with Crippen molar-refractivity contribution in [1.29, 1.82) is 0 Å². The van der Waals surface area contributed by atoms with Crippen LogP contribution in [0.4, 0.5) is 0 Å². The van der Waals surface area contributed by atoms with Gasteiger partial charge in [0.1, 0.15) is 0 Å². The zero-order valence-corrected chi connectivity index (χ0v) is 9.41. The Balaban J connectivity index is 1.87. The normalized spacial score (nSPS) is 26.7. The quantitative estimate of drug-likeness (QED) is 0.813. The van der Waals surface area contributed by atoms with Crippen molar-refractivity contribution in [2.75, 3.05) is 0 Å². The van der Waals surface area contributed by atoms with E-state index >= 15 is 0 Å². The molecule has 0 amide bonds. The van der Waals surface area contributed by atoms with Crippen LogP contribution in [-0.4, -0.2) is 9.55 Å². The van der Waals surface area contributed by atoms with Gasteiger partial charge in [-0.15, -0.1) is 0 Å². The minimum absolute atomic E-state index is 0.0348. The van der Waals surface area contributed by atoms with Gasteiger partial charge in [0.15, 0.2) is 0 Å². The number of hydrogen-bond acceptors (Lipinski definition) is 1. The highest BCUT2D eigenvalue weighted by Crippen LogP contribution is 2.31. The summed E-state index contributed by atoms with van der Waals surface area (Å²) < 4.78 is 1.80. The molecule has 0 bridgehead atoms. The van der Waals surface area contributed by atoms with Gasteiger partial charge in [0.2, 0.25) is 0 Å². The van der Waals surface area contributed by atoms with Crippen LogP contribution in [0, 0.1) is 11.8 Å². The number of H-pyrrole nitrogens is 1. The molecular formula is C12H20N2O. The first-order valence-electron chi connectivity index (χ1n) is 6.03. The molecule has 1 aliphatic rings. The lowest BCUT2D eigenvalue weighted by Gasteiger charge is -2.27. The van der Waals surface area contributed by atoms with Crippen LogP contribution in [0.2, 0.25) is 0 Å². The third kappa shape index (κ3) is 2.52. The van der Waals surface area contributed by atoms with Crippen molar-refractivity contribution in [2.24, 2.45) is 11.8 Å². The maximum Gasteiger partial charge on any atom is 0.325 e. The fourth-order valence-corrected chi connectivity index (χ4v) is 2.59. The molecule has 1 saturated carbocycles. The molecule has 3 heteroatoms. The molecule has 0 radical (unpaired) electrons. The summed E-state index contributed by atoms with van der Waals surface area (Å²) in [5.41, 5.74) is 0.0348. The fourth-order valence-electron chi connectivity index (χ4n) is 2.59. The third-order valence-electron chi connectivity index (χ3n) is 3.72. The number of hydrogen-bond donors (Lipinski definition) is 1. The minimum Gasteiger partial charge on any atom is -0.313 e. The summed E-state index contributed by atoms with van der Waals surface area (Å²) in [6, 6.07) is 0. The molecule has 0 saturated heterocycles. The molecule has 1 N–H and O–H groups in total. The zero-order chi connectivity index (χ0) is 10.7. The Morgan fingerprint density at radius 3 is 2.53 bits per heavy atom. The van der Waals surface area contributed by atoms with Gasteiger partial charge >= 0.3 is 5.69 Å². The first kappa shape index (κ1) is 10.5. The molecule has 1 aliphatic carbocycles. The standard InChI is InChI=1S/C12H20N2O/c1-2-10-3-5-11(6-4-10)9-14-8-7-13-12(14)15/h7-8,10-11H,2-6,9H2,1H3,(H,13,15). The minimum atomic E-state index is 0.0348. The molecule has 1 heterocycles. The molecule has 0 aromatic carbocycles. The highest BCUT2D eigenvalue weighted by molar-refractivity contribution is 4.79. The lowest BCUT2D eigenvalue weighted by molar-refractivity contribution is 0.246. The molecule has 0 atom stereocenters. The summed E-state index contributed by atoms with van der Waals surface area (Å²) in [6.07, 6.45) is 10.2.